The maximum atomic E-state index is 13.3. The van der Waals surface area contributed by atoms with Gasteiger partial charge in [-0.05, 0) is 24.5 Å². The fourth-order valence-electron chi connectivity index (χ4n) is 2.29. The molecule has 0 radical (unpaired) electrons. The zero-order chi connectivity index (χ0) is 15.8. The standard InChI is InChI=1S/C12H16FN3O4S/c1-8-7-15(5-4-11(8)14)21(19,20)9-2-3-10(13)12(6-9)16(17)18/h2-3,6,8,11H,4-5,7,14H2,1H3. The third-order valence-electron chi connectivity index (χ3n) is 3.69. The van der Waals surface area contributed by atoms with E-state index in [1.165, 1.54) is 4.31 Å². The second-order valence-electron chi connectivity index (χ2n) is 5.16. The first kappa shape index (κ1) is 15.8. The first-order chi connectivity index (χ1) is 9.73. The molecule has 21 heavy (non-hydrogen) atoms. The molecule has 0 spiro atoms. The van der Waals surface area contributed by atoms with Crippen LogP contribution in [0.2, 0.25) is 0 Å². The smallest absolute Gasteiger partial charge is 0.306 e. The number of benzene rings is 1. The van der Waals surface area contributed by atoms with E-state index < -0.39 is 26.5 Å². The number of rotatable bonds is 3. The molecule has 7 nitrogen and oxygen atoms in total. The zero-order valence-corrected chi connectivity index (χ0v) is 12.2. The Labute approximate surface area is 121 Å². The van der Waals surface area contributed by atoms with Gasteiger partial charge in [-0.25, -0.2) is 8.42 Å². The molecule has 2 rings (SSSR count). The molecular formula is C12H16FN3O4S. The Hall–Kier alpha value is -1.58. The normalized spacial score (nSPS) is 24.0. The van der Waals surface area contributed by atoms with Gasteiger partial charge in [-0.15, -0.1) is 0 Å². The van der Waals surface area contributed by atoms with Gasteiger partial charge in [0.25, 0.3) is 0 Å². The maximum Gasteiger partial charge on any atom is 0.306 e. The summed E-state index contributed by atoms with van der Waals surface area (Å²) in [6.45, 7) is 2.34. The summed E-state index contributed by atoms with van der Waals surface area (Å²) in [7, 11) is -3.88. The number of piperidine rings is 1. The second kappa shape index (κ2) is 5.66. The number of halogens is 1. The molecule has 1 aromatic rings. The molecule has 0 bridgehead atoms. The largest absolute Gasteiger partial charge is 0.327 e. The predicted molar refractivity (Wildman–Crippen MR) is 73.6 cm³/mol. The van der Waals surface area contributed by atoms with Crippen LogP contribution in [-0.4, -0.2) is 36.8 Å². The first-order valence-corrected chi connectivity index (χ1v) is 7.87. The van der Waals surface area contributed by atoms with Crippen LogP contribution in [-0.2, 0) is 10.0 Å². The van der Waals surface area contributed by atoms with Crippen LogP contribution in [0.15, 0.2) is 23.1 Å². The first-order valence-electron chi connectivity index (χ1n) is 6.43. The van der Waals surface area contributed by atoms with Gasteiger partial charge in [-0.2, -0.15) is 8.70 Å². The molecule has 0 saturated carbocycles. The van der Waals surface area contributed by atoms with Gasteiger partial charge >= 0.3 is 5.69 Å². The summed E-state index contributed by atoms with van der Waals surface area (Å²) < 4.78 is 39.5. The van der Waals surface area contributed by atoms with E-state index in [1.54, 1.807) is 0 Å². The topological polar surface area (TPSA) is 107 Å². The van der Waals surface area contributed by atoms with Crippen molar-refractivity contribution in [2.24, 2.45) is 11.7 Å². The van der Waals surface area contributed by atoms with Crippen molar-refractivity contribution in [3.63, 3.8) is 0 Å². The third-order valence-corrected chi connectivity index (χ3v) is 5.55. The molecule has 1 heterocycles. The van der Waals surface area contributed by atoms with E-state index in [-0.39, 0.29) is 29.9 Å². The minimum absolute atomic E-state index is 0.0102. The fourth-order valence-corrected chi connectivity index (χ4v) is 3.86. The lowest BCUT2D eigenvalue weighted by atomic mass is 9.96. The Balaban J connectivity index is 2.36. The van der Waals surface area contributed by atoms with Crippen molar-refractivity contribution in [3.8, 4) is 0 Å². The second-order valence-corrected chi connectivity index (χ2v) is 7.10. The van der Waals surface area contributed by atoms with Crippen molar-refractivity contribution < 1.29 is 17.7 Å². The van der Waals surface area contributed by atoms with E-state index in [0.29, 0.717) is 6.42 Å². The molecule has 2 N–H and O–H groups in total. The van der Waals surface area contributed by atoms with Crippen molar-refractivity contribution in [3.05, 3.63) is 34.1 Å². The quantitative estimate of drug-likeness (QED) is 0.663. The Morgan fingerprint density at radius 2 is 2.14 bits per heavy atom. The van der Waals surface area contributed by atoms with Gasteiger partial charge < -0.3 is 5.73 Å². The highest BCUT2D eigenvalue weighted by molar-refractivity contribution is 7.89. The van der Waals surface area contributed by atoms with E-state index in [1.807, 2.05) is 6.92 Å². The highest BCUT2D eigenvalue weighted by Crippen LogP contribution is 2.26. The molecule has 0 amide bonds. The van der Waals surface area contributed by atoms with Crippen molar-refractivity contribution in [1.82, 2.24) is 4.31 Å². The van der Waals surface area contributed by atoms with Crippen LogP contribution < -0.4 is 5.73 Å². The van der Waals surface area contributed by atoms with E-state index >= 15 is 0 Å². The highest BCUT2D eigenvalue weighted by atomic mass is 32.2. The summed E-state index contributed by atoms with van der Waals surface area (Å²) in [4.78, 5) is 9.49. The van der Waals surface area contributed by atoms with Crippen LogP contribution in [0.1, 0.15) is 13.3 Å². The molecule has 2 unspecified atom stereocenters. The van der Waals surface area contributed by atoms with Crippen molar-refractivity contribution in [2.45, 2.75) is 24.3 Å². The van der Waals surface area contributed by atoms with Crippen LogP contribution in [0.5, 0.6) is 0 Å². The molecule has 0 aliphatic carbocycles. The Morgan fingerprint density at radius 1 is 1.48 bits per heavy atom. The summed E-state index contributed by atoms with van der Waals surface area (Å²) in [5.41, 5.74) is 5.00. The lowest BCUT2D eigenvalue weighted by molar-refractivity contribution is -0.387. The lowest BCUT2D eigenvalue weighted by Crippen LogP contribution is -2.48. The lowest BCUT2D eigenvalue weighted by Gasteiger charge is -2.34. The highest BCUT2D eigenvalue weighted by Gasteiger charge is 2.33. The SMILES string of the molecule is CC1CN(S(=O)(=O)c2ccc(F)c([N+](=O)[O-])c2)CCC1N. The summed E-state index contributed by atoms with van der Waals surface area (Å²) in [5, 5.41) is 10.7. The summed E-state index contributed by atoms with van der Waals surface area (Å²) in [6, 6.07) is 2.52. The average molecular weight is 317 g/mol. The van der Waals surface area contributed by atoms with Crippen LogP contribution >= 0.6 is 0 Å². The number of sulfonamides is 1. The Morgan fingerprint density at radius 3 is 2.71 bits per heavy atom. The van der Waals surface area contributed by atoms with Gasteiger partial charge in [0.05, 0.1) is 9.82 Å². The summed E-state index contributed by atoms with van der Waals surface area (Å²) in [5.74, 6) is -1.07. The number of nitrogens with zero attached hydrogens (tertiary/aromatic N) is 2. The zero-order valence-electron chi connectivity index (χ0n) is 11.4. The molecule has 2 atom stereocenters. The minimum Gasteiger partial charge on any atom is -0.327 e. The molecule has 0 aromatic heterocycles. The number of nitrogens with two attached hydrogens (primary N) is 1. The van der Waals surface area contributed by atoms with Gasteiger partial charge in [-0.1, -0.05) is 6.92 Å². The van der Waals surface area contributed by atoms with Gasteiger partial charge in [-0.3, -0.25) is 10.1 Å². The number of hydrogen-bond donors (Lipinski definition) is 1. The van der Waals surface area contributed by atoms with Crippen molar-refractivity contribution >= 4 is 15.7 Å². The predicted octanol–water partition coefficient (Wildman–Crippen LogP) is 1.09. The van der Waals surface area contributed by atoms with Crippen LogP contribution in [0.4, 0.5) is 10.1 Å². The number of hydrogen-bond acceptors (Lipinski definition) is 5. The maximum absolute atomic E-state index is 13.3. The van der Waals surface area contributed by atoms with Gasteiger partial charge in [0.2, 0.25) is 15.8 Å². The fraction of sp³-hybridized carbons (Fsp3) is 0.500. The minimum atomic E-state index is -3.88. The van der Waals surface area contributed by atoms with Gasteiger partial charge in [0, 0.05) is 25.2 Å². The van der Waals surface area contributed by atoms with Crippen LogP contribution in [0.3, 0.4) is 0 Å². The van der Waals surface area contributed by atoms with Gasteiger partial charge in [0.15, 0.2) is 0 Å². The molecular weight excluding hydrogens is 301 g/mol. The van der Waals surface area contributed by atoms with E-state index in [4.69, 9.17) is 5.73 Å². The Kier molecular flexibility index (Phi) is 4.26. The molecule has 116 valence electrons. The number of nitro benzene ring substituents is 1. The van der Waals surface area contributed by atoms with Crippen LogP contribution in [0.25, 0.3) is 0 Å². The van der Waals surface area contributed by atoms with Gasteiger partial charge in [0.1, 0.15) is 0 Å². The van der Waals surface area contributed by atoms with E-state index in [9.17, 15) is 22.9 Å². The number of nitro groups is 1. The monoisotopic (exact) mass is 317 g/mol. The summed E-state index contributed by atoms with van der Waals surface area (Å²) in [6.07, 6.45) is 0.518. The third kappa shape index (κ3) is 3.04. The molecule has 1 aromatic carbocycles. The Bertz CT molecular complexity index is 664. The molecule has 1 aliphatic rings. The van der Waals surface area contributed by atoms with Crippen molar-refractivity contribution in [2.75, 3.05) is 13.1 Å². The molecule has 1 aliphatic heterocycles. The van der Waals surface area contributed by atoms with Crippen molar-refractivity contribution in [1.29, 1.82) is 0 Å². The summed E-state index contributed by atoms with van der Waals surface area (Å²) >= 11 is 0. The van der Waals surface area contributed by atoms with Crippen LogP contribution in [0, 0.1) is 21.8 Å². The van der Waals surface area contributed by atoms with E-state index in [2.05, 4.69) is 0 Å². The van der Waals surface area contributed by atoms with E-state index in [0.717, 1.165) is 18.2 Å². The average Bonchev–Trinajstić information content (AvgIpc) is 2.41. The molecule has 1 fully saturated rings. The molecule has 1 saturated heterocycles. The molecule has 9 heteroatoms.